The lowest BCUT2D eigenvalue weighted by molar-refractivity contribution is -0.140. The maximum Gasteiger partial charge on any atom is 0.305 e. The number of carbonyl (C=O) groups is 1. The van der Waals surface area contributed by atoms with Crippen LogP contribution in [0.2, 0.25) is 0 Å². The quantitative estimate of drug-likeness (QED) is 0.191. The highest BCUT2D eigenvalue weighted by Gasteiger charge is 1.99. The molecule has 0 aromatic heterocycles. The van der Waals surface area contributed by atoms with Crippen molar-refractivity contribution in [1.82, 2.24) is 0 Å². The van der Waals surface area contributed by atoms with Crippen molar-refractivity contribution < 1.29 is 9.53 Å². The second kappa shape index (κ2) is 18.8. The molecule has 0 bridgehead atoms. The van der Waals surface area contributed by atoms with Crippen LogP contribution in [0.4, 0.5) is 0 Å². The van der Waals surface area contributed by atoms with Crippen LogP contribution in [0.1, 0.15) is 123 Å². The summed E-state index contributed by atoms with van der Waals surface area (Å²) >= 11 is 0. The van der Waals surface area contributed by atoms with E-state index in [1.807, 2.05) is 0 Å². The van der Waals surface area contributed by atoms with Crippen LogP contribution >= 0.6 is 0 Å². The number of esters is 1. The van der Waals surface area contributed by atoms with E-state index in [2.05, 4.69) is 18.6 Å². The molecule has 0 N–H and O–H groups in total. The largest absolute Gasteiger partial charge is 0.469 e. The van der Waals surface area contributed by atoms with Gasteiger partial charge in [-0.15, -0.1) is 0 Å². The summed E-state index contributed by atoms with van der Waals surface area (Å²) in [5, 5.41) is 0. The standard InChI is InChI=1S/C22H44O2/c1-21(2)19-17-15-13-11-9-7-5-4-6-8-10-12-14-16-18-20-22(23)24-3/h21H,4-20H2,1-3H3. The van der Waals surface area contributed by atoms with E-state index in [1.165, 1.54) is 103 Å². The molecular formula is C22H44O2. The Hall–Kier alpha value is -0.530. The molecule has 0 saturated heterocycles. The number of unbranched alkanes of at least 4 members (excludes halogenated alkanes) is 14. The Labute approximate surface area is 152 Å². The molecule has 0 aromatic rings. The van der Waals surface area contributed by atoms with E-state index in [4.69, 9.17) is 0 Å². The van der Waals surface area contributed by atoms with E-state index < -0.39 is 0 Å². The monoisotopic (exact) mass is 340 g/mol. The highest BCUT2D eigenvalue weighted by molar-refractivity contribution is 5.68. The van der Waals surface area contributed by atoms with Gasteiger partial charge in [-0.1, -0.05) is 110 Å². The van der Waals surface area contributed by atoms with Gasteiger partial charge in [0.2, 0.25) is 0 Å². The van der Waals surface area contributed by atoms with Gasteiger partial charge >= 0.3 is 5.97 Å². The van der Waals surface area contributed by atoms with Gasteiger partial charge in [0.05, 0.1) is 7.11 Å². The van der Waals surface area contributed by atoms with E-state index in [1.54, 1.807) is 0 Å². The molecule has 0 aliphatic heterocycles. The van der Waals surface area contributed by atoms with Crippen LogP contribution in [0.5, 0.6) is 0 Å². The van der Waals surface area contributed by atoms with Crippen molar-refractivity contribution >= 4 is 5.97 Å². The molecule has 0 atom stereocenters. The molecule has 144 valence electrons. The van der Waals surface area contributed by atoms with Crippen LogP contribution < -0.4 is 0 Å². The zero-order valence-corrected chi connectivity index (χ0v) is 16.9. The number of ether oxygens (including phenoxy) is 1. The third kappa shape index (κ3) is 19.5. The molecule has 0 saturated carbocycles. The Morgan fingerprint density at radius 2 is 0.958 bits per heavy atom. The molecule has 0 amide bonds. The maximum atomic E-state index is 11.0. The van der Waals surface area contributed by atoms with Crippen molar-refractivity contribution in [2.24, 2.45) is 5.92 Å². The summed E-state index contributed by atoms with van der Waals surface area (Å²) in [5.74, 6) is 0.815. The Balaban J connectivity index is 3.01. The molecule has 0 aliphatic carbocycles. The topological polar surface area (TPSA) is 26.3 Å². The number of hydrogen-bond donors (Lipinski definition) is 0. The zero-order chi connectivity index (χ0) is 17.9. The first-order valence-electron chi connectivity index (χ1n) is 10.7. The fraction of sp³-hybridized carbons (Fsp3) is 0.955. The van der Waals surface area contributed by atoms with Gasteiger partial charge in [0.15, 0.2) is 0 Å². The van der Waals surface area contributed by atoms with Crippen LogP contribution in [0, 0.1) is 5.92 Å². The smallest absolute Gasteiger partial charge is 0.305 e. The molecule has 0 unspecified atom stereocenters. The minimum absolute atomic E-state index is 0.0643. The fourth-order valence-electron chi connectivity index (χ4n) is 3.22. The molecule has 2 heteroatoms. The molecule has 0 heterocycles. The van der Waals surface area contributed by atoms with Crippen LogP contribution in [0.25, 0.3) is 0 Å². The van der Waals surface area contributed by atoms with Crippen molar-refractivity contribution in [2.45, 2.75) is 123 Å². The molecule has 0 aromatic carbocycles. The number of hydrogen-bond acceptors (Lipinski definition) is 2. The SMILES string of the molecule is COC(=O)CCCCCCCCCCCCCCCCCC(C)C. The van der Waals surface area contributed by atoms with Crippen molar-refractivity contribution in [3.8, 4) is 0 Å². The molecule has 0 spiro atoms. The highest BCUT2D eigenvalue weighted by atomic mass is 16.5. The van der Waals surface area contributed by atoms with Crippen molar-refractivity contribution in [2.75, 3.05) is 7.11 Å². The summed E-state index contributed by atoms with van der Waals surface area (Å²) in [5.41, 5.74) is 0. The number of rotatable bonds is 18. The van der Waals surface area contributed by atoms with Gasteiger partial charge < -0.3 is 4.74 Å². The minimum atomic E-state index is -0.0643. The summed E-state index contributed by atoms with van der Waals surface area (Å²) in [6.45, 7) is 4.65. The second-order valence-electron chi connectivity index (χ2n) is 7.81. The Morgan fingerprint density at radius 3 is 1.29 bits per heavy atom. The van der Waals surface area contributed by atoms with E-state index in [0.29, 0.717) is 6.42 Å². The number of methoxy groups -OCH3 is 1. The lowest BCUT2D eigenvalue weighted by atomic mass is 10.0. The molecule has 0 fully saturated rings. The van der Waals surface area contributed by atoms with Gasteiger partial charge in [0, 0.05) is 6.42 Å². The molecule has 0 aliphatic rings. The van der Waals surface area contributed by atoms with Crippen LogP contribution in [-0.4, -0.2) is 13.1 Å². The van der Waals surface area contributed by atoms with Gasteiger partial charge in [-0.3, -0.25) is 4.79 Å². The minimum Gasteiger partial charge on any atom is -0.469 e. The molecule has 0 rings (SSSR count). The summed E-state index contributed by atoms with van der Waals surface area (Å²) in [6, 6.07) is 0. The average Bonchev–Trinajstić information content (AvgIpc) is 2.57. The van der Waals surface area contributed by atoms with E-state index in [0.717, 1.165) is 12.3 Å². The Bertz CT molecular complexity index is 261. The zero-order valence-electron chi connectivity index (χ0n) is 16.9. The van der Waals surface area contributed by atoms with Gasteiger partial charge in [0.1, 0.15) is 0 Å². The third-order valence-corrected chi connectivity index (χ3v) is 4.89. The molecule has 2 nitrogen and oxygen atoms in total. The Kier molecular flexibility index (Phi) is 18.4. The van der Waals surface area contributed by atoms with Gasteiger partial charge in [-0.05, 0) is 12.3 Å². The second-order valence-corrected chi connectivity index (χ2v) is 7.81. The van der Waals surface area contributed by atoms with Gasteiger partial charge in [-0.25, -0.2) is 0 Å². The lowest BCUT2D eigenvalue weighted by Gasteiger charge is -2.05. The number of carbonyl (C=O) groups excluding carboxylic acids is 1. The average molecular weight is 341 g/mol. The van der Waals surface area contributed by atoms with E-state index in [-0.39, 0.29) is 5.97 Å². The van der Waals surface area contributed by atoms with Gasteiger partial charge in [-0.2, -0.15) is 0 Å². The first kappa shape index (κ1) is 23.5. The lowest BCUT2D eigenvalue weighted by Crippen LogP contribution is -1.99. The van der Waals surface area contributed by atoms with Crippen molar-refractivity contribution in [3.05, 3.63) is 0 Å². The fourth-order valence-corrected chi connectivity index (χ4v) is 3.22. The van der Waals surface area contributed by atoms with Gasteiger partial charge in [0.25, 0.3) is 0 Å². The molecule has 24 heavy (non-hydrogen) atoms. The normalized spacial score (nSPS) is 11.2. The summed E-state index contributed by atoms with van der Waals surface area (Å²) < 4.78 is 4.64. The first-order valence-corrected chi connectivity index (χ1v) is 10.7. The van der Waals surface area contributed by atoms with Crippen molar-refractivity contribution in [1.29, 1.82) is 0 Å². The van der Waals surface area contributed by atoms with Crippen molar-refractivity contribution in [3.63, 3.8) is 0 Å². The summed E-state index contributed by atoms with van der Waals surface area (Å²) in [7, 11) is 1.47. The Morgan fingerprint density at radius 1 is 0.625 bits per heavy atom. The predicted molar refractivity (Wildman–Crippen MR) is 105 cm³/mol. The molecule has 0 radical (unpaired) electrons. The first-order chi connectivity index (χ1) is 11.7. The predicted octanol–water partition coefficient (Wildman–Crippen LogP) is 7.45. The summed E-state index contributed by atoms with van der Waals surface area (Å²) in [6.07, 6.45) is 22.5. The van der Waals surface area contributed by atoms with E-state index in [9.17, 15) is 4.79 Å². The molecular weight excluding hydrogens is 296 g/mol. The van der Waals surface area contributed by atoms with E-state index >= 15 is 0 Å². The van der Waals surface area contributed by atoms with Crippen LogP contribution in [-0.2, 0) is 9.53 Å². The van der Waals surface area contributed by atoms with Crippen LogP contribution in [0.15, 0.2) is 0 Å². The van der Waals surface area contributed by atoms with Crippen LogP contribution in [0.3, 0.4) is 0 Å². The third-order valence-electron chi connectivity index (χ3n) is 4.89. The maximum absolute atomic E-state index is 11.0. The summed E-state index contributed by atoms with van der Waals surface area (Å²) in [4.78, 5) is 11.0. The highest BCUT2D eigenvalue weighted by Crippen LogP contribution is 2.15.